The summed E-state index contributed by atoms with van der Waals surface area (Å²) in [4.78, 5) is 12.3. The van der Waals surface area contributed by atoms with Crippen LogP contribution in [-0.4, -0.2) is 24.1 Å². The maximum atomic E-state index is 4.62. The van der Waals surface area contributed by atoms with Crippen LogP contribution in [0.25, 0.3) is 0 Å². The van der Waals surface area contributed by atoms with Crippen molar-refractivity contribution in [1.82, 2.24) is 15.3 Å². The van der Waals surface area contributed by atoms with Crippen LogP contribution >= 0.6 is 11.3 Å². The lowest BCUT2D eigenvalue weighted by atomic mass is 10.3. The van der Waals surface area contributed by atoms with E-state index in [0.717, 1.165) is 30.3 Å². The second kappa shape index (κ2) is 5.93. The average Bonchev–Trinajstić information content (AvgIpc) is 2.76. The monoisotopic (exact) mass is 262 g/mol. The molecule has 0 radical (unpaired) electrons. The Balaban J connectivity index is 2.11. The first-order valence-electron chi connectivity index (χ1n) is 5.91. The molecule has 0 aliphatic rings. The quantitative estimate of drug-likeness (QED) is 0.897. The third-order valence-electron chi connectivity index (χ3n) is 2.77. The van der Waals surface area contributed by atoms with E-state index in [0.29, 0.717) is 0 Å². The first-order chi connectivity index (χ1) is 8.70. The molecule has 1 N–H and O–H groups in total. The summed E-state index contributed by atoms with van der Waals surface area (Å²) in [5.74, 6) is 0.996. The van der Waals surface area contributed by atoms with Gasteiger partial charge in [0.25, 0.3) is 0 Å². The van der Waals surface area contributed by atoms with E-state index in [1.54, 1.807) is 11.3 Å². The van der Waals surface area contributed by atoms with Gasteiger partial charge in [0.15, 0.2) is 0 Å². The highest BCUT2D eigenvalue weighted by Crippen LogP contribution is 2.18. The number of thiazole rings is 1. The van der Waals surface area contributed by atoms with E-state index in [2.05, 4.69) is 27.2 Å². The maximum absolute atomic E-state index is 4.62. The van der Waals surface area contributed by atoms with Gasteiger partial charge in [-0.15, -0.1) is 11.3 Å². The fraction of sp³-hybridized carbons (Fsp3) is 0.385. The Morgan fingerprint density at radius 3 is 2.89 bits per heavy atom. The molecule has 4 nitrogen and oxygen atoms in total. The second-order valence-corrected chi connectivity index (χ2v) is 5.17. The molecular formula is C13H18N4S. The van der Waals surface area contributed by atoms with Crippen LogP contribution in [0, 0.1) is 6.92 Å². The Morgan fingerprint density at radius 1 is 1.39 bits per heavy atom. The van der Waals surface area contributed by atoms with E-state index in [9.17, 15) is 0 Å². The molecule has 0 bridgehead atoms. The largest absolute Gasteiger partial charge is 0.354 e. The minimum absolute atomic E-state index is 0.793. The number of hydrogen-bond donors (Lipinski definition) is 1. The minimum atomic E-state index is 0.793. The lowest BCUT2D eigenvalue weighted by Gasteiger charge is -2.18. The molecule has 0 aliphatic heterocycles. The van der Waals surface area contributed by atoms with Gasteiger partial charge in [-0.3, -0.25) is 0 Å². The highest BCUT2D eigenvalue weighted by molar-refractivity contribution is 7.09. The van der Waals surface area contributed by atoms with Crippen molar-refractivity contribution in [3.8, 4) is 0 Å². The normalized spacial score (nSPS) is 10.6. The van der Waals surface area contributed by atoms with Crippen molar-refractivity contribution in [1.29, 1.82) is 0 Å². The van der Waals surface area contributed by atoms with Gasteiger partial charge >= 0.3 is 0 Å². The van der Waals surface area contributed by atoms with Gasteiger partial charge in [0.1, 0.15) is 5.82 Å². The summed E-state index contributed by atoms with van der Waals surface area (Å²) in [6.07, 6.45) is 0. The van der Waals surface area contributed by atoms with Crippen molar-refractivity contribution in [3.63, 3.8) is 0 Å². The third kappa shape index (κ3) is 3.05. The standard InChI is InChI=1S/C13H18N4S/c1-10-12(18-9-15-10)8-17(3)13-6-4-5-11(16-13)7-14-2/h4-6,9,14H,7-8H2,1-3H3. The number of rotatable bonds is 5. The lowest BCUT2D eigenvalue weighted by Crippen LogP contribution is -2.18. The summed E-state index contributed by atoms with van der Waals surface area (Å²) in [6.45, 7) is 3.69. The van der Waals surface area contributed by atoms with Crippen molar-refractivity contribution in [2.24, 2.45) is 0 Å². The van der Waals surface area contributed by atoms with Crippen LogP contribution in [0.1, 0.15) is 16.3 Å². The number of nitrogens with zero attached hydrogens (tertiary/aromatic N) is 3. The van der Waals surface area contributed by atoms with Crippen molar-refractivity contribution >= 4 is 17.2 Å². The van der Waals surface area contributed by atoms with Gasteiger partial charge in [-0.05, 0) is 26.1 Å². The number of nitrogens with one attached hydrogen (secondary N) is 1. The fourth-order valence-corrected chi connectivity index (χ4v) is 2.56. The summed E-state index contributed by atoms with van der Waals surface area (Å²) in [5, 5.41) is 3.12. The highest BCUT2D eigenvalue weighted by Gasteiger charge is 2.08. The summed E-state index contributed by atoms with van der Waals surface area (Å²) in [5.41, 5.74) is 4.06. The number of hydrogen-bond acceptors (Lipinski definition) is 5. The zero-order valence-electron chi connectivity index (χ0n) is 11.0. The van der Waals surface area contributed by atoms with Crippen LogP contribution in [0.5, 0.6) is 0 Å². The van der Waals surface area contributed by atoms with E-state index in [4.69, 9.17) is 0 Å². The predicted octanol–water partition coefficient (Wildman–Crippen LogP) is 2.20. The molecule has 2 aromatic heterocycles. The van der Waals surface area contributed by atoms with Gasteiger partial charge in [0.05, 0.1) is 23.4 Å². The van der Waals surface area contributed by atoms with E-state index in [-0.39, 0.29) is 0 Å². The van der Waals surface area contributed by atoms with Gasteiger partial charge in [0, 0.05) is 18.5 Å². The van der Waals surface area contributed by atoms with E-state index in [1.165, 1.54) is 4.88 Å². The van der Waals surface area contributed by atoms with Crippen LogP contribution in [0.2, 0.25) is 0 Å². The number of aromatic nitrogens is 2. The number of aryl methyl sites for hydroxylation is 1. The SMILES string of the molecule is CNCc1cccc(N(C)Cc2scnc2C)n1. The van der Waals surface area contributed by atoms with E-state index < -0.39 is 0 Å². The van der Waals surface area contributed by atoms with Crippen LogP contribution in [0.4, 0.5) is 5.82 Å². The molecule has 2 aromatic rings. The summed E-state index contributed by atoms with van der Waals surface area (Å²) < 4.78 is 0. The van der Waals surface area contributed by atoms with Gasteiger partial charge < -0.3 is 10.2 Å². The summed E-state index contributed by atoms with van der Waals surface area (Å²) in [6, 6.07) is 6.12. The molecule has 0 aromatic carbocycles. The van der Waals surface area contributed by atoms with Crippen molar-refractivity contribution < 1.29 is 0 Å². The van der Waals surface area contributed by atoms with Gasteiger partial charge in [0.2, 0.25) is 0 Å². The molecule has 0 atom stereocenters. The van der Waals surface area contributed by atoms with Crippen molar-refractivity contribution in [2.75, 3.05) is 19.0 Å². The Morgan fingerprint density at radius 2 is 2.22 bits per heavy atom. The third-order valence-corrected chi connectivity index (χ3v) is 3.69. The van der Waals surface area contributed by atoms with Crippen LogP contribution in [-0.2, 0) is 13.1 Å². The summed E-state index contributed by atoms with van der Waals surface area (Å²) in [7, 11) is 3.99. The van der Waals surface area contributed by atoms with Gasteiger partial charge in [-0.2, -0.15) is 0 Å². The fourth-order valence-electron chi connectivity index (χ4n) is 1.73. The van der Waals surface area contributed by atoms with Crippen LogP contribution in [0.3, 0.4) is 0 Å². The molecule has 0 aliphatic carbocycles. The van der Waals surface area contributed by atoms with Crippen LogP contribution in [0.15, 0.2) is 23.7 Å². The summed E-state index contributed by atoms with van der Waals surface area (Å²) >= 11 is 1.69. The molecule has 2 heterocycles. The first-order valence-corrected chi connectivity index (χ1v) is 6.79. The van der Waals surface area contributed by atoms with E-state index in [1.807, 2.05) is 37.7 Å². The molecule has 0 saturated heterocycles. The first kappa shape index (κ1) is 13.0. The minimum Gasteiger partial charge on any atom is -0.354 e. The smallest absolute Gasteiger partial charge is 0.128 e. The zero-order valence-corrected chi connectivity index (χ0v) is 11.8. The lowest BCUT2D eigenvalue weighted by molar-refractivity contribution is 0.783. The zero-order chi connectivity index (χ0) is 13.0. The Hall–Kier alpha value is -1.46. The number of anilines is 1. The molecule has 5 heteroatoms. The molecule has 0 fully saturated rings. The highest BCUT2D eigenvalue weighted by atomic mass is 32.1. The predicted molar refractivity (Wildman–Crippen MR) is 76.0 cm³/mol. The number of pyridine rings is 1. The molecule has 0 spiro atoms. The topological polar surface area (TPSA) is 41.0 Å². The van der Waals surface area contributed by atoms with Crippen LogP contribution < -0.4 is 10.2 Å². The molecule has 0 amide bonds. The Kier molecular flexibility index (Phi) is 4.28. The molecule has 2 rings (SSSR count). The Labute approximate surface area is 112 Å². The molecule has 96 valence electrons. The maximum Gasteiger partial charge on any atom is 0.128 e. The Bertz CT molecular complexity index is 509. The molecule has 0 unspecified atom stereocenters. The van der Waals surface area contributed by atoms with E-state index >= 15 is 0 Å². The molecular weight excluding hydrogens is 244 g/mol. The van der Waals surface area contributed by atoms with Gasteiger partial charge in [-0.1, -0.05) is 6.07 Å². The second-order valence-electron chi connectivity index (χ2n) is 4.23. The van der Waals surface area contributed by atoms with Crippen molar-refractivity contribution in [3.05, 3.63) is 40.0 Å². The average molecular weight is 262 g/mol. The van der Waals surface area contributed by atoms with Gasteiger partial charge in [-0.25, -0.2) is 9.97 Å². The van der Waals surface area contributed by atoms with Crippen molar-refractivity contribution in [2.45, 2.75) is 20.0 Å². The molecule has 0 saturated carbocycles. The molecule has 18 heavy (non-hydrogen) atoms.